The number of hydrogen-bond acceptors (Lipinski definition) is 6. The molecule has 4 N–H and O–H groups in total. The number of aromatic hydroxyl groups is 1. The van der Waals surface area contributed by atoms with Gasteiger partial charge in [0.05, 0.1) is 17.1 Å². The Hall–Kier alpha value is -2.87. The molecule has 2 atom stereocenters. The first-order valence-electron chi connectivity index (χ1n) is 11.6. The van der Waals surface area contributed by atoms with Gasteiger partial charge in [-0.25, -0.2) is 17.8 Å². The molecule has 10 heteroatoms. The summed E-state index contributed by atoms with van der Waals surface area (Å²) >= 11 is 0. The number of fused-ring (bicyclic) bond motifs is 1. The Bertz CT molecular complexity index is 1330. The molecular formula is C25H32N5O3PS. The summed E-state index contributed by atoms with van der Waals surface area (Å²) in [6.07, 6.45) is 4.61. The first kappa shape index (κ1) is 25.2. The van der Waals surface area contributed by atoms with Gasteiger partial charge in [-0.3, -0.25) is 0 Å². The second-order valence-electron chi connectivity index (χ2n) is 9.18. The maximum Gasteiger partial charge on any atom is 0.240 e. The summed E-state index contributed by atoms with van der Waals surface area (Å²) < 4.78 is 29.9. The lowest BCUT2D eigenvalue weighted by Gasteiger charge is -2.27. The maximum absolute atomic E-state index is 12.8. The number of para-hydroxylation sites is 1. The highest BCUT2D eigenvalue weighted by Crippen LogP contribution is 2.32. The van der Waals surface area contributed by atoms with E-state index in [4.69, 9.17) is 0 Å². The van der Waals surface area contributed by atoms with E-state index in [1.807, 2.05) is 30.3 Å². The largest absolute Gasteiger partial charge is 0.508 e. The molecule has 1 aromatic heterocycles. The van der Waals surface area contributed by atoms with Gasteiger partial charge in [0.1, 0.15) is 17.4 Å². The fourth-order valence-electron chi connectivity index (χ4n) is 3.91. The molecule has 0 spiro atoms. The number of hydrogen-bond donors (Lipinski definition) is 4. The first-order chi connectivity index (χ1) is 16.6. The number of aromatic nitrogens is 2. The van der Waals surface area contributed by atoms with Gasteiger partial charge in [-0.2, -0.15) is 5.10 Å². The number of anilines is 1. The summed E-state index contributed by atoms with van der Waals surface area (Å²) in [6.45, 7) is 6.95. The van der Waals surface area contributed by atoms with Gasteiger partial charge in [0.15, 0.2) is 0 Å². The molecule has 1 aliphatic rings. The standard InChI is InChI=1S/C25H32N5O3PS/c1-4-25(2,3)17-9-11-18(12-10-17)35(32,33)28-14-13-26-23-15-20(19-7-5-6-8-21(19)31)29-24-22(34)16-27-30(23)24/h5-12,15-16,20,26,28-29,31H,4,13-14,34H2,1-3H3. The number of rotatable bonds is 9. The number of nitrogens with one attached hydrogen (secondary N) is 3. The number of phenols is 1. The molecule has 35 heavy (non-hydrogen) atoms. The van der Waals surface area contributed by atoms with Crippen molar-refractivity contribution in [2.45, 2.75) is 43.5 Å². The van der Waals surface area contributed by atoms with E-state index in [2.05, 4.69) is 50.5 Å². The van der Waals surface area contributed by atoms with Crippen molar-refractivity contribution in [2.24, 2.45) is 0 Å². The Balaban J connectivity index is 1.43. The Morgan fingerprint density at radius 1 is 1.14 bits per heavy atom. The zero-order valence-corrected chi connectivity index (χ0v) is 22.1. The number of benzene rings is 2. The summed E-state index contributed by atoms with van der Waals surface area (Å²) in [5.74, 6) is 1.68. The molecule has 0 fully saturated rings. The van der Waals surface area contributed by atoms with Crippen molar-refractivity contribution >= 4 is 36.2 Å². The van der Waals surface area contributed by atoms with Crippen LogP contribution in [0.5, 0.6) is 5.75 Å². The lowest BCUT2D eigenvalue weighted by molar-refractivity contribution is 0.466. The molecule has 4 rings (SSSR count). The maximum atomic E-state index is 12.8. The Kier molecular flexibility index (Phi) is 7.22. The summed E-state index contributed by atoms with van der Waals surface area (Å²) in [5, 5.41) is 22.2. The van der Waals surface area contributed by atoms with Crippen molar-refractivity contribution in [2.75, 3.05) is 18.4 Å². The van der Waals surface area contributed by atoms with Crippen LogP contribution in [-0.4, -0.2) is 36.4 Å². The van der Waals surface area contributed by atoms with Crippen molar-refractivity contribution in [1.82, 2.24) is 19.8 Å². The van der Waals surface area contributed by atoms with E-state index in [1.54, 1.807) is 35.1 Å². The number of sulfonamides is 1. The summed E-state index contributed by atoms with van der Waals surface area (Å²) in [7, 11) is -0.987. The van der Waals surface area contributed by atoms with Gasteiger partial charge in [-0.05, 0) is 41.7 Å². The molecule has 186 valence electrons. The predicted molar refractivity (Wildman–Crippen MR) is 143 cm³/mol. The van der Waals surface area contributed by atoms with E-state index < -0.39 is 10.0 Å². The minimum absolute atomic E-state index is 0.00116. The third kappa shape index (κ3) is 5.37. The molecular weight excluding hydrogens is 481 g/mol. The molecule has 2 heterocycles. The van der Waals surface area contributed by atoms with E-state index in [9.17, 15) is 13.5 Å². The second-order valence-corrected chi connectivity index (χ2v) is 11.6. The molecule has 2 aromatic carbocycles. The highest BCUT2D eigenvalue weighted by molar-refractivity contribution is 7.89. The SMILES string of the molecule is CCC(C)(C)c1ccc(S(=O)(=O)NCCNC2=CC(c3ccccc3O)Nc3c(P)cnn32)cc1. The Labute approximate surface area is 209 Å². The number of nitrogens with zero attached hydrogens (tertiary/aromatic N) is 2. The quantitative estimate of drug-likeness (QED) is 0.258. The normalized spacial score (nSPS) is 15.8. The van der Waals surface area contributed by atoms with Crippen LogP contribution >= 0.6 is 9.24 Å². The van der Waals surface area contributed by atoms with Crippen molar-refractivity contribution in [1.29, 1.82) is 0 Å². The predicted octanol–water partition coefficient (Wildman–Crippen LogP) is 3.31. The summed E-state index contributed by atoms with van der Waals surface area (Å²) in [6, 6.07) is 14.0. The fourth-order valence-corrected chi connectivity index (χ4v) is 5.21. The molecule has 0 aliphatic carbocycles. The van der Waals surface area contributed by atoms with Gasteiger partial charge in [0.2, 0.25) is 10.0 Å². The minimum atomic E-state index is -3.63. The molecule has 0 saturated heterocycles. The molecule has 0 radical (unpaired) electrons. The van der Waals surface area contributed by atoms with Crippen molar-refractivity contribution in [3.05, 3.63) is 71.9 Å². The van der Waals surface area contributed by atoms with Gasteiger partial charge in [-0.1, -0.05) is 60.3 Å². The molecule has 0 bridgehead atoms. The van der Waals surface area contributed by atoms with Crippen LogP contribution in [0.15, 0.2) is 65.7 Å². The topological polar surface area (TPSA) is 108 Å². The molecule has 0 saturated carbocycles. The number of phenolic OH excluding ortho intramolecular Hbond substituents is 1. The van der Waals surface area contributed by atoms with Gasteiger partial charge < -0.3 is 15.7 Å². The summed E-state index contributed by atoms with van der Waals surface area (Å²) in [4.78, 5) is 0.246. The molecule has 8 nitrogen and oxygen atoms in total. The molecule has 0 amide bonds. The van der Waals surface area contributed by atoms with Crippen LogP contribution in [0, 0.1) is 0 Å². The van der Waals surface area contributed by atoms with Gasteiger partial charge in [0, 0.05) is 24.0 Å². The average molecular weight is 514 g/mol. The highest BCUT2D eigenvalue weighted by Gasteiger charge is 2.24. The minimum Gasteiger partial charge on any atom is -0.508 e. The monoisotopic (exact) mass is 513 g/mol. The van der Waals surface area contributed by atoms with Crippen LogP contribution in [0.1, 0.15) is 44.4 Å². The zero-order valence-electron chi connectivity index (χ0n) is 20.1. The van der Waals surface area contributed by atoms with E-state index in [0.29, 0.717) is 12.4 Å². The van der Waals surface area contributed by atoms with Crippen LogP contribution in [0.25, 0.3) is 5.82 Å². The Morgan fingerprint density at radius 3 is 2.54 bits per heavy atom. The van der Waals surface area contributed by atoms with E-state index >= 15 is 0 Å². The van der Waals surface area contributed by atoms with Gasteiger partial charge in [0.25, 0.3) is 0 Å². The molecule has 3 aromatic rings. The van der Waals surface area contributed by atoms with Crippen molar-refractivity contribution in [3.63, 3.8) is 0 Å². The molecule has 2 unspecified atom stereocenters. The van der Waals surface area contributed by atoms with Gasteiger partial charge >= 0.3 is 0 Å². The van der Waals surface area contributed by atoms with Crippen LogP contribution in [0.4, 0.5) is 5.82 Å². The van der Waals surface area contributed by atoms with Crippen molar-refractivity contribution < 1.29 is 13.5 Å². The summed E-state index contributed by atoms with van der Waals surface area (Å²) in [5.41, 5.74) is 1.85. The zero-order chi connectivity index (χ0) is 25.2. The lowest BCUT2D eigenvalue weighted by Crippen LogP contribution is -2.34. The van der Waals surface area contributed by atoms with E-state index in [1.165, 1.54) is 0 Å². The van der Waals surface area contributed by atoms with Crippen LogP contribution < -0.4 is 20.7 Å². The third-order valence-corrected chi connectivity index (χ3v) is 8.37. The fraction of sp³-hybridized carbons (Fsp3) is 0.320. The van der Waals surface area contributed by atoms with Crippen LogP contribution in [0.2, 0.25) is 0 Å². The van der Waals surface area contributed by atoms with Gasteiger partial charge in [-0.15, -0.1) is 0 Å². The first-order valence-corrected chi connectivity index (χ1v) is 13.6. The van der Waals surface area contributed by atoms with E-state index in [-0.39, 0.29) is 28.6 Å². The van der Waals surface area contributed by atoms with Crippen LogP contribution in [0.3, 0.4) is 0 Å². The van der Waals surface area contributed by atoms with Crippen LogP contribution in [-0.2, 0) is 15.4 Å². The average Bonchev–Trinajstić information content (AvgIpc) is 3.23. The van der Waals surface area contributed by atoms with E-state index in [0.717, 1.165) is 28.7 Å². The highest BCUT2D eigenvalue weighted by atomic mass is 32.2. The lowest BCUT2D eigenvalue weighted by atomic mass is 9.82. The smallest absolute Gasteiger partial charge is 0.240 e. The Morgan fingerprint density at radius 2 is 1.86 bits per heavy atom. The second kappa shape index (κ2) is 10.0. The van der Waals surface area contributed by atoms with Crippen molar-refractivity contribution in [3.8, 4) is 5.75 Å². The molecule has 1 aliphatic heterocycles. The third-order valence-electron chi connectivity index (χ3n) is 6.47.